The van der Waals surface area contributed by atoms with Crippen molar-refractivity contribution in [1.82, 2.24) is 5.32 Å². The Morgan fingerprint density at radius 1 is 1.12 bits per heavy atom. The number of unbranched alkanes of at least 4 members (excludes halogenated alkanes) is 3. The molecule has 104 valence electrons. The molecule has 0 aliphatic carbocycles. The van der Waals surface area contributed by atoms with Crippen molar-refractivity contribution in [2.75, 3.05) is 33.9 Å². The van der Waals surface area contributed by atoms with Crippen LogP contribution in [0.2, 0.25) is 0 Å². The van der Waals surface area contributed by atoms with Gasteiger partial charge in [0.05, 0.1) is 7.11 Å². The third-order valence-electron chi connectivity index (χ3n) is 2.12. The maximum absolute atomic E-state index is 10.5. The molecule has 0 spiro atoms. The molecule has 0 aromatic heterocycles. The van der Waals surface area contributed by atoms with Gasteiger partial charge in [-0.05, 0) is 20.0 Å². The van der Waals surface area contributed by atoms with Crippen LogP contribution in [-0.2, 0) is 14.3 Å². The highest BCUT2D eigenvalue weighted by atomic mass is 16.6. The van der Waals surface area contributed by atoms with Crippen LogP contribution in [0.25, 0.3) is 0 Å². The van der Waals surface area contributed by atoms with E-state index in [9.17, 15) is 4.79 Å². The molecule has 0 fully saturated rings. The van der Waals surface area contributed by atoms with Gasteiger partial charge in [0, 0.05) is 6.61 Å². The zero-order valence-electron chi connectivity index (χ0n) is 11.9. The Hall–Kier alpha value is -0.610. The number of hydrogen-bond acceptors (Lipinski definition) is 4. The maximum Gasteiger partial charge on any atom is 0.331 e. The summed E-state index contributed by atoms with van der Waals surface area (Å²) >= 11 is 0. The number of rotatable bonds is 9. The van der Waals surface area contributed by atoms with Crippen molar-refractivity contribution in [3.05, 3.63) is 0 Å². The van der Waals surface area contributed by atoms with E-state index in [4.69, 9.17) is 4.74 Å². The summed E-state index contributed by atoms with van der Waals surface area (Å²) in [6.07, 6.45) is 6.45. The van der Waals surface area contributed by atoms with Crippen LogP contribution >= 0.6 is 0 Å². The summed E-state index contributed by atoms with van der Waals surface area (Å²) in [4.78, 5) is 10.5. The Balaban J connectivity index is 0. The van der Waals surface area contributed by atoms with E-state index in [1.165, 1.54) is 32.8 Å². The normalized spacial score (nSPS) is 9.41. The monoisotopic (exact) mass is 247 g/mol. The molecule has 0 aliphatic heterocycles. The molecule has 0 rings (SSSR count). The van der Waals surface area contributed by atoms with Crippen molar-refractivity contribution in [1.29, 1.82) is 0 Å². The van der Waals surface area contributed by atoms with Crippen LogP contribution in [0.4, 0.5) is 0 Å². The van der Waals surface area contributed by atoms with Gasteiger partial charge in [-0.15, -0.1) is 0 Å². The Bertz CT molecular complexity index is 148. The molecule has 0 aromatic carbocycles. The first-order valence-corrected chi connectivity index (χ1v) is 6.52. The molecule has 0 atom stereocenters. The molecule has 0 bridgehead atoms. The zero-order valence-corrected chi connectivity index (χ0v) is 11.9. The summed E-state index contributed by atoms with van der Waals surface area (Å²) in [5.41, 5.74) is 0. The van der Waals surface area contributed by atoms with Gasteiger partial charge in [0.1, 0.15) is 6.61 Å². The standard InChI is InChI=1S/C7H15NO3.C6H14/c1-8-4-3-5-11-6-7(9)10-2;1-3-5-6-4-2/h8H,3-6H2,1-2H3;3-6H2,1-2H3. The fourth-order valence-electron chi connectivity index (χ4n) is 1.07. The summed E-state index contributed by atoms with van der Waals surface area (Å²) in [6.45, 7) is 6.02. The van der Waals surface area contributed by atoms with Crippen molar-refractivity contribution in [3.8, 4) is 0 Å². The maximum atomic E-state index is 10.5. The molecule has 0 radical (unpaired) electrons. The quantitative estimate of drug-likeness (QED) is 0.502. The smallest absolute Gasteiger partial charge is 0.331 e. The van der Waals surface area contributed by atoms with E-state index in [1.807, 2.05) is 7.05 Å². The minimum Gasteiger partial charge on any atom is -0.467 e. The van der Waals surface area contributed by atoms with Crippen LogP contribution in [0.15, 0.2) is 0 Å². The van der Waals surface area contributed by atoms with Crippen molar-refractivity contribution in [2.45, 2.75) is 46.0 Å². The summed E-state index contributed by atoms with van der Waals surface area (Å²) < 4.78 is 9.35. The molecule has 0 aromatic rings. The lowest BCUT2D eigenvalue weighted by atomic mass is 10.2. The number of carbonyl (C=O) groups excluding carboxylic acids is 1. The lowest BCUT2D eigenvalue weighted by Gasteiger charge is -2.01. The molecule has 1 N–H and O–H groups in total. The molecule has 17 heavy (non-hydrogen) atoms. The van der Waals surface area contributed by atoms with Gasteiger partial charge >= 0.3 is 5.97 Å². The number of carbonyl (C=O) groups is 1. The van der Waals surface area contributed by atoms with Gasteiger partial charge in [-0.2, -0.15) is 0 Å². The number of nitrogens with one attached hydrogen (secondary N) is 1. The molecular formula is C13H29NO3. The summed E-state index contributed by atoms with van der Waals surface area (Å²) in [7, 11) is 3.22. The Morgan fingerprint density at radius 3 is 2.12 bits per heavy atom. The molecule has 0 amide bonds. The topological polar surface area (TPSA) is 47.6 Å². The van der Waals surface area contributed by atoms with Crippen LogP contribution in [0.5, 0.6) is 0 Å². The number of methoxy groups -OCH3 is 1. The molecule has 0 aliphatic rings. The van der Waals surface area contributed by atoms with E-state index in [-0.39, 0.29) is 12.6 Å². The van der Waals surface area contributed by atoms with E-state index in [0.29, 0.717) is 6.61 Å². The Labute approximate surface area is 106 Å². The zero-order chi connectivity index (χ0) is 13.4. The largest absolute Gasteiger partial charge is 0.467 e. The van der Waals surface area contributed by atoms with Crippen molar-refractivity contribution in [2.24, 2.45) is 0 Å². The highest BCUT2D eigenvalue weighted by Crippen LogP contribution is 1.95. The third-order valence-corrected chi connectivity index (χ3v) is 2.12. The minimum absolute atomic E-state index is 0.0558. The fraction of sp³-hybridized carbons (Fsp3) is 0.923. The molecule has 0 saturated carbocycles. The molecular weight excluding hydrogens is 218 g/mol. The highest BCUT2D eigenvalue weighted by molar-refractivity contribution is 5.70. The van der Waals surface area contributed by atoms with Gasteiger partial charge in [-0.25, -0.2) is 4.79 Å². The minimum atomic E-state index is -0.325. The van der Waals surface area contributed by atoms with Gasteiger partial charge in [-0.1, -0.05) is 39.5 Å². The van der Waals surface area contributed by atoms with Gasteiger partial charge in [0.15, 0.2) is 0 Å². The second kappa shape index (κ2) is 17.8. The first-order valence-electron chi connectivity index (χ1n) is 6.52. The van der Waals surface area contributed by atoms with E-state index in [0.717, 1.165) is 13.0 Å². The average molecular weight is 247 g/mol. The van der Waals surface area contributed by atoms with Crippen LogP contribution in [0, 0.1) is 0 Å². The van der Waals surface area contributed by atoms with Crippen LogP contribution < -0.4 is 5.32 Å². The van der Waals surface area contributed by atoms with E-state index >= 15 is 0 Å². The highest BCUT2D eigenvalue weighted by Gasteiger charge is 1.97. The third kappa shape index (κ3) is 21.3. The van der Waals surface area contributed by atoms with Gasteiger partial charge < -0.3 is 14.8 Å². The molecule has 4 heteroatoms. The van der Waals surface area contributed by atoms with Crippen LogP contribution in [0.3, 0.4) is 0 Å². The van der Waals surface area contributed by atoms with Crippen LogP contribution in [0.1, 0.15) is 46.0 Å². The summed E-state index contributed by atoms with van der Waals surface area (Å²) in [5.74, 6) is -0.325. The molecule has 4 nitrogen and oxygen atoms in total. The van der Waals surface area contributed by atoms with E-state index in [2.05, 4.69) is 23.9 Å². The van der Waals surface area contributed by atoms with Gasteiger partial charge in [0.2, 0.25) is 0 Å². The molecule has 0 unspecified atom stereocenters. The summed E-state index contributed by atoms with van der Waals surface area (Å²) in [5, 5.41) is 2.97. The molecule has 0 heterocycles. The number of hydrogen-bond donors (Lipinski definition) is 1. The second-order valence-corrected chi connectivity index (χ2v) is 3.79. The first-order chi connectivity index (χ1) is 8.22. The Morgan fingerprint density at radius 2 is 1.71 bits per heavy atom. The van der Waals surface area contributed by atoms with Gasteiger partial charge in [0.25, 0.3) is 0 Å². The lowest BCUT2D eigenvalue weighted by Crippen LogP contribution is -2.14. The lowest BCUT2D eigenvalue weighted by molar-refractivity contribution is -0.145. The van der Waals surface area contributed by atoms with Crippen LogP contribution in [-0.4, -0.2) is 39.9 Å². The fourth-order valence-corrected chi connectivity index (χ4v) is 1.07. The predicted molar refractivity (Wildman–Crippen MR) is 71.2 cm³/mol. The van der Waals surface area contributed by atoms with E-state index < -0.39 is 0 Å². The second-order valence-electron chi connectivity index (χ2n) is 3.79. The number of ether oxygens (including phenoxy) is 2. The average Bonchev–Trinajstić information content (AvgIpc) is 2.36. The van der Waals surface area contributed by atoms with E-state index in [1.54, 1.807) is 0 Å². The summed E-state index contributed by atoms with van der Waals surface area (Å²) in [6, 6.07) is 0. The van der Waals surface area contributed by atoms with Crippen molar-refractivity contribution < 1.29 is 14.3 Å². The van der Waals surface area contributed by atoms with Gasteiger partial charge in [-0.3, -0.25) is 0 Å². The SMILES string of the molecule is CCCCCC.CNCCCOCC(=O)OC. The Kier molecular flexibility index (Phi) is 19.6. The number of esters is 1. The predicted octanol–water partition coefficient (Wildman–Crippen LogP) is 2.37. The van der Waals surface area contributed by atoms with Crippen molar-refractivity contribution >= 4 is 5.97 Å². The first kappa shape index (κ1) is 18.7. The molecule has 0 saturated heterocycles. The van der Waals surface area contributed by atoms with Crippen molar-refractivity contribution in [3.63, 3.8) is 0 Å².